The summed E-state index contributed by atoms with van der Waals surface area (Å²) in [4.78, 5) is 10.6. The molecule has 0 saturated carbocycles. The highest BCUT2D eigenvalue weighted by atomic mass is 32.2. The second-order valence-corrected chi connectivity index (χ2v) is 6.67. The van der Waals surface area contributed by atoms with Crippen molar-refractivity contribution in [2.45, 2.75) is 31.4 Å². The van der Waals surface area contributed by atoms with Gasteiger partial charge in [0.15, 0.2) is 0 Å². The van der Waals surface area contributed by atoms with Crippen LogP contribution in [0.3, 0.4) is 0 Å². The van der Waals surface area contributed by atoms with Crippen LogP contribution in [0.1, 0.15) is 26.2 Å². The lowest BCUT2D eigenvalue weighted by atomic mass is 10.2. The predicted octanol–water partition coefficient (Wildman–Crippen LogP) is 3.67. The van der Waals surface area contributed by atoms with Crippen molar-refractivity contribution >= 4 is 28.7 Å². The molecule has 3 rings (SSSR count). The van der Waals surface area contributed by atoms with Crippen molar-refractivity contribution in [3.63, 3.8) is 0 Å². The van der Waals surface area contributed by atoms with Gasteiger partial charge < -0.3 is 9.88 Å². The Kier molecular flexibility index (Phi) is 3.97. The molecular weight excluding hydrogens is 254 g/mol. The highest BCUT2D eigenvalue weighted by Crippen LogP contribution is 2.25. The molecule has 2 aromatic rings. The van der Waals surface area contributed by atoms with E-state index >= 15 is 0 Å². The molecular formula is C15H21N3S. The van der Waals surface area contributed by atoms with Gasteiger partial charge in [0, 0.05) is 18.3 Å². The van der Waals surface area contributed by atoms with Crippen molar-refractivity contribution in [1.82, 2.24) is 9.97 Å². The zero-order chi connectivity index (χ0) is 13.1. The van der Waals surface area contributed by atoms with Gasteiger partial charge in [-0.2, -0.15) is 11.8 Å². The molecule has 1 saturated heterocycles. The number of nitrogens with zero attached hydrogens (tertiary/aromatic N) is 2. The van der Waals surface area contributed by atoms with Crippen LogP contribution in [0, 0.1) is 0 Å². The van der Waals surface area contributed by atoms with Gasteiger partial charge in [-0.3, -0.25) is 0 Å². The van der Waals surface area contributed by atoms with Crippen molar-refractivity contribution in [3.05, 3.63) is 24.3 Å². The van der Waals surface area contributed by atoms with Crippen molar-refractivity contribution < 1.29 is 0 Å². The van der Waals surface area contributed by atoms with Crippen LogP contribution in [-0.2, 0) is 0 Å². The van der Waals surface area contributed by atoms with E-state index in [1.54, 1.807) is 0 Å². The van der Waals surface area contributed by atoms with E-state index in [-0.39, 0.29) is 0 Å². The summed E-state index contributed by atoms with van der Waals surface area (Å²) in [7, 11) is 0. The number of nitrogens with one attached hydrogen (secondary N) is 1. The normalized spacial score (nSPS) is 20.7. The first-order chi connectivity index (χ1) is 9.36. The molecule has 0 spiro atoms. The Bertz CT molecular complexity index is 504. The van der Waals surface area contributed by atoms with Gasteiger partial charge in [0.05, 0.1) is 11.0 Å². The lowest BCUT2D eigenvalue weighted by Crippen LogP contribution is -2.30. The molecule has 1 N–H and O–H groups in total. The molecule has 3 nitrogen and oxygen atoms in total. The van der Waals surface area contributed by atoms with Gasteiger partial charge in [-0.25, -0.2) is 4.98 Å². The standard InChI is InChI=1S/C15H21N3S/c1-2-19-12-7-5-6-10-18(11-12)15-16-13-8-3-4-9-14(13)17-15/h3-4,8-9,12H,2,5-7,10-11H2,1H3,(H,16,17). The number of aromatic amines is 1. The van der Waals surface area contributed by atoms with Gasteiger partial charge in [-0.15, -0.1) is 0 Å². The topological polar surface area (TPSA) is 31.9 Å². The number of H-pyrrole nitrogens is 1. The number of para-hydroxylation sites is 2. The second-order valence-electron chi connectivity index (χ2n) is 5.10. The van der Waals surface area contributed by atoms with Crippen LogP contribution in [0.5, 0.6) is 0 Å². The third-order valence-corrected chi connectivity index (χ3v) is 4.90. The van der Waals surface area contributed by atoms with Crippen molar-refractivity contribution in [2.75, 3.05) is 23.7 Å². The molecule has 1 unspecified atom stereocenters. The summed E-state index contributed by atoms with van der Waals surface area (Å²) in [6.07, 6.45) is 3.96. The smallest absolute Gasteiger partial charge is 0.203 e. The number of aromatic nitrogens is 2. The summed E-state index contributed by atoms with van der Waals surface area (Å²) in [5.41, 5.74) is 2.21. The lowest BCUT2D eigenvalue weighted by molar-refractivity contribution is 0.735. The summed E-state index contributed by atoms with van der Waals surface area (Å²) >= 11 is 2.09. The number of thioether (sulfide) groups is 1. The van der Waals surface area contributed by atoms with Gasteiger partial charge >= 0.3 is 0 Å². The van der Waals surface area contributed by atoms with Gasteiger partial charge in [-0.05, 0) is 30.7 Å². The molecule has 1 atom stereocenters. The highest BCUT2D eigenvalue weighted by Gasteiger charge is 2.20. The Morgan fingerprint density at radius 3 is 3.11 bits per heavy atom. The van der Waals surface area contributed by atoms with E-state index in [2.05, 4.69) is 46.8 Å². The minimum atomic E-state index is 0.751. The van der Waals surface area contributed by atoms with Gasteiger partial charge in [-0.1, -0.05) is 25.5 Å². The first-order valence-electron chi connectivity index (χ1n) is 7.18. The number of rotatable bonds is 3. The molecule has 1 aliphatic heterocycles. The largest absolute Gasteiger partial charge is 0.341 e. The summed E-state index contributed by atoms with van der Waals surface area (Å²) < 4.78 is 0. The Labute approximate surface area is 118 Å². The molecule has 0 bridgehead atoms. The number of anilines is 1. The predicted molar refractivity (Wildman–Crippen MR) is 84.1 cm³/mol. The molecule has 2 heterocycles. The fraction of sp³-hybridized carbons (Fsp3) is 0.533. The minimum Gasteiger partial charge on any atom is -0.341 e. The van der Waals surface area contributed by atoms with Gasteiger partial charge in [0.2, 0.25) is 5.95 Å². The van der Waals surface area contributed by atoms with Crippen molar-refractivity contribution in [2.24, 2.45) is 0 Å². The maximum Gasteiger partial charge on any atom is 0.203 e. The van der Waals surface area contributed by atoms with Gasteiger partial charge in [0.25, 0.3) is 0 Å². The minimum absolute atomic E-state index is 0.751. The molecule has 4 heteroatoms. The number of fused-ring (bicyclic) bond motifs is 1. The van der Waals surface area contributed by atoms with E-state index < -0.39 is 0 Å². The molecule has 102 valence electrons. The van der Waals surface area contributed by atoms with Crippen LogP contribution in [0.2, 0.25) is 0 Å². The van der Waals surface area contributed by atoms with Crippen LogP contribution in [0.25, 0.3) is 11.0 Å². The molecule has 0 aliphatic carbocycles. The third-order valence-electron chi connectivity index (χ3n) is 3.71. The Morgan fingerprint density at radius 2 is 2.26 bits per heavy atom. The molecule has 1 aliphatic rings. The fourth-order valence-corrected chi connectivity index (χ4v) is 3.85. The van der Waals surface area contributed by atoms with Crippen LogP contribution < -0.4 is 4.90 Å². The summed E-state index contributed by atoms with van der Waals surface area (Å²) in [6.45, 7) is 4.50. The Hall–Kier alpha value is -1.16. The molecule has 0 radical (unpaired) electrons. The Balaban J connectivity index is 1.82. The van der Waals surface area contributed by atoms with Gasteiger partial charge in [0.1, 0.15) is 0 Å². The monoisotopic (exact) mass is 275 g/mol. The third kappa shape index (κ3) is 2.89. The molecule has 1 aromatic carbocycles. The summed E-state index contributed by atoms with van der Waals surface area (Å²) in [6, 6.07) is 8.28. The van der Waals surface area contributed by atoms with E-state index in [9.17, 15) is 0 Å². The number of imidazole rings is 1. The lowest BCUT2D eigenvalue weighted by Gasteiger charge is -2.23. The second kappa shape index (κ2) is 5.87. The number of benzene rings is 1. The van der Waals surface area contributed by atoms with E-state index in [0.29, 0.717) is 0 Å². The average molecular weight is 275 g/mol. The van der Waals surface area contributed by atoms with Crippen LogP contribution in [0.4, 0.5) is 5.95 Å². The maximum absolute atomic E-state index is 4.73. The highest BCUT2D eigenvalue weighted by molar-refractivity contribution is 7.99. The maximum atomic E-state index is 4.73. The molecule has 19 heavy (non-hydrogen) atoms. The van der Waals surface area contributed by atoms with E-state index in [4.69, 9.17) is 4.98 Å². The van der Waals surface area contributed by atoms with E-state index in [1.807, 2.05) is 6.07 Å². The molecule has 0 amide bonds. The SMILES string of the molecule is CCSC1CCCCN(c2nc3ccccc3[nH]2)C1. The van der Waals surface area contributed by atoms with Crippen molar-refractivity contribution in [1.29, 1.82) is 0 Å². The van der Waals surface area contributed by atoms with Crippen molar-refractivity contribution in [3.8, 4) is 0 Å². The van der Waals surface area contributed by atoms with E-state index in [0.717, 1.165) is 35.3 Å². The van der Waals surface area contributed by atoms with Crippen LogP contribution in [0.15, 0.2) is 24.3 Å². The number of hydrogen-bond donors (Lipinski definition) is 1. The zero-order valence-corrected chi connectivity index (χ0v) is 12.2. The summed E-state index contributed by atoms with van der Waals surface area (Å²) in [5.74, 6) is 2.25. The first-order valence-corrected chi connectivity index (χ1v) is 8.23. The summed E-state index contributed by atoms with van der Waals surface area (Å²) in [5, 5.41) is 0.751. The van der Waals surface area contributed by atoms with Crippen LogP contribution >= 0.6 is 11.8 Å². The zero-order valence-electron chi connectivity index (χ0n) is 11.4. The molecule has 1 fully saturated rings. The quantitative estimate of drug-likeness (QED) is 0.927. The number of hydrogen-bond acceptors (Lipinski definition) is 3. The average Bonchev–Trinajstić information content (AvgIpc) is 2.72. The fourth-order valence-electron chi connectivity index (χ4n) is 2.76. The van der Waals surface area contributed by atoms with E-state index in [1.165, 1.54) is 25.0 Å². The first kappa shape index (κ1) is 12.9. The Morgan fingerprint density at radius 1 is 1.37 bits per heavy atom. The molecule has 1 aromatic heterocycles. The van der Waals surface area contributed by atoms with Crippen LogP contribution in [-0.4, -0.2) is 34.1 Å².